The van der Waals surface area contributed by atoms with Crippen LogP contribution in [0.15, 0.2) is 5.38 Å². The molecule has 156 valence electrons. The first-order valence-corrected chi connectivity index (χ1v) is 13.3. The second-order valence-corrected chi connectivity index (χ2v) is 14.6. The van der Waals surface area contributed by atoms with Crippen molar-refractivity contribution < 1.29 is 19.4 Å². The highest BCUT2D eigenvalue weighted by Crippen LogP contribution is 2.37. The fourth-order valence-corrected chi connectivity index (χ4v) is 4.36. The van der Waals surface area contributed by atoms with E-state index in [-0.39, 0.29) is 17.0 Å². The molecule has 2 N–H and O–H groups in total. The summed E-state index contributed by atoms with van der Waals surface area (Å²) in [5.74, 6) is 0.108. The summed E-state index contributed by atoms with van der Waals surface area (Å²) in [5, 5.41) is 22.7. The standard InChI is InChI=1S/C19H36N2O4SSi/c1-9-21(18(23)24)15(13(2)3)10-16(22)17-20-14(12-26-17)11-25-27(7,8)19(4,5)6/h12-13,15-16,22H,9-11H2,1-8H3,(H,23,24)/t15-,16-/m1/s1. The van der Waals surface area contributed by atoms with Crippen molar-refractivity contribution in [2.24, 2.45) is 5.92 Å². The summed E-state index contributed by atoms with van der Waals surface area (Å²) in [6.07, 6.45) is -1.39. The second kappa shape index (κ2) is 9.49. The molecular formula is C19H36N2O4SSi. The minimum absolute atomic E-state index is 0.108. The summed E-state index contributed by atoms with van der Waals surface area (Å²) < 4.78 is 6.19. The highest BCUT2D eigenvalue weighted by molar-refractivity contribution is 7.09. The van der Waals surface area contributed by atoms with E-state index in [9.17, 15) is 15.0 Å². The number of carbonyl (C=O) groups is 1. The Labute approximate surface area is 168 Å². The second-order valence-electron chi connectivity index (χ2n) is 8.86. The largest absolute Gasteiger partial charge is 0.465 e. The lowest BCUT2D eigenvalue weighted by Crippen LogP contribution is -2.43. The zero-order chi connectivity index (χ0) is 21.0. The van der Waals surface area contributed by atoms with Gasteiger partial charge in [-0.3, -0.25) is 0 Å². The molecule has 6 nitrogen and oxygen atoms in total. The van der Waals surface area contributed by atoms with Gasteiger partial charge < -0.3 is 19.5 Å². The van der Waals surface area contributed by atoms with Crippen LogP contribution < -0.4 is 0 Å². The summed E-state index contributed by atoms with van der Waals surface area (Å²) in [7, 11) is -1.85. The molecule has 1 aromatic heterocycles. The first kappa shape index (κ1) is 24.1. The van der Waals surface area contributed by atoms with E-state index in [2.05, 4.69) is 38.8 Å². The molecule has 1 rings (SSSR count). The lowest BCUT2D eigenvalue weighted by Gasteiger charge is -2.35. The van der Waals surface area contributed by atoms with Gasteiger partial charge in [-0.15, -0.1) is 11.3 Å². The normalized spacial score (nSPS) is 15.0. The molecule has 27 heavy (non-hydrogen) atoms. The number of rotatable bonds is 9. The molecule has 2 atom stereocenters. The van der Waals surface area contributed by atoms with E-state index in [4.69, 9.17) is 4.43 Å². The fraction of sp³-hybridized carbons (Fsp3) is 0.789. The molecule has 0 spiro atoms. The highest BCUT2D eigenvalue weighted by Gasteiger charge is 2.37. The van der Waals surface area contributed by atoms with E-state index in [0.717, 1.165) is 5.69 Å². The van der Waals surface area contributed by atoms with E-state index in [1.165, 1.54) is 16.2 Å². The van der Waals surface area contributed by atoms with Crippen molar-refractivity contribution in [2.75, 3.05) is 6.54 Å². The summed E-state index contributed by atoms with van der Waals surface area (Å²) in [6.45, 7) is 17.6. The summed E-state index contributed by atoms with van der Waals surface area (Å²) >= 11 is 1.41. The number of aromatic nitrogens is 1. The van der Waals surface area contributed by atoms with Crippen LogP contribution in [0.3, 0.4) is 0 Å². The number of hydrogen-bond acceptors (Lipinski definition) is 5. The van der Waals surface area contributed by atoms with Gasteiger partial charge in [-0.05, 0) is 31.0 Å². The van der Waals surface area contributed by atoms with E-state index < -0.39 is 20.5 Å². The third-order valence-corrected chi connectivity index (χ3v) is 10.9. The smallest absolute Gasteiger partial charge is 0.407 e. The monoisotopic (exact) mass is 416 g/mol. The Morgan fingerprint density at radius 3 is 2.41 bits per heavy atom. The van der Waals surface area contributed by atoms with Gasteiger partial charge in [0.2, 0.25) is 0 Å². The Kier molecular flexibility index (Phi) is 8.46. The Morgan fingerprint density at radius 2 is 1.96 bits per heavy atom. The third kappa shape index (κ3) is 6.55. The Hall–Kier alpha value is -0.963. The molecule has 0 saturated carbocycles. The van der Waals surface area contributed by atoms with Gasteiger partial charge in [-0.1, -0.05) is 34.6 Å². The lowest BCUT2D eigenvalue weighted by molar-refractivity contribution is 0.0743. The third-order valence-electron chi connectivity index (χ3n) is 5.46. The number of thiazole rings is 1. The molecule has 0 fully saturated rings. The minimum Gasteiger partial charge on any atom is -0.465 e. The summed E-state index contributed by atoms with van der Waals surface area (Å²) in [4.78, 5) is 17.4. The molecule has 0 bridgehead atoms. The number of carboxylic acid groups (broad SMARTS) is 1. The van der Waals surface area contributed by atoms with Crippen molar-refractivity contribution in [3.8, 4) is 0 Å². The van der Waals surface area contributed by atoms with Crippen molar-refractivity contribution in [1.29, 1.82) is 0 Å². The van der Waals surface area contributed by atoms with Crippen molar-refractivity contribution >= 4 is 25.7 Å². The number of amides is 1. The molecule has 1 amide bonds. The summed E-state index contributed by atoms with van der Waals surface area (Å²) in [6, 6.07) is -0.252. The molecule has 0 saturated heterocycles. The zero-order valence-corrected chi connectivity index (χ0v) is 19.8. The SMILES string of the molecule is CCN(C(=O)O)[C@H](C[C@@H](O)c1nc(CO[Si](C)(C)C(C)(C)C)cs1)C(C)C. The molecule has 0 aliphatic rings. The number of hydrogen-bond donors (Lipinski definition) is 2. The van der Waals surface area contributed by atoms with Gasteiger partial charge in [0.05, 0.1) is 12.3 Å². The molecule has 0 unspecified atom stereocenters. The molecule has 0 aromatic carbocycles. The number of nitrogens with zero attached hydrogens (tertiary/aromatic N) is 2. The average molecular weight is 417 g/mol. The highest BCUT2D eigenvalue weighted by atomic mass is 32.1. The molecule has 0 aliphatic heterocycles. The first-order chi connectivity index (χ1) is 12.3. The Bertz CT molecular complexity index is 613. The lowest BCUT2D eigenvalue weighted by atomic mass is 9.96. The van der Waals surface area contributed by atoms with Gasteiger partial charge in [0, 0.05) is 24.4 Å². The van der Waals surface area contributed by atoms with Crippen LogP contribution in [0.5, 0.6) is 0 Å². The predicted octanol–water partition coefficient (Wildman–Crippen LogP) is 5.11. The van der Waals surface area contributed by atoms with E-state index in [0.29, 0.717) is 24.6 Å². The van der Waals surface area contributed by atoms with Gasteiger partial charge in [0.25, 0.3) is 0 Å². The molecule has 0 radical (unpaired) electrons. The van der Waals surface area contributed by atoms with Crippen LogP contribution in [0.4, 0.5) is 4.79 Å². The van der Waals surface area contributed by atoms with Crippen LogP contribution in [0, 0.1) is 5.92 Å². The zero-order valence-electron chi connectivity index (χ0n) is 17.9. The van der Waals surface area contributed by atoms with Crippen LogP contribution >= 0.6 is 11.3 Å². The van der Waals surface area contributed by atoms with Gasteiger partial charge in [-0.25, -0.2) is 9.78 Å². The van der Waals surface area contributed by atoms with Crippen LogP contribution in [0.1, 0.15) is 64.8 Å². The maximum atomic E-state index is 11.5. The van der Waals surface area contributed by atoms with Gasteiger partial charge in [0.1, 0.15) is 11.1 Å². The molecule has 1 aromatic rings. The van der Waals surface area contributed by atoms with Crippen molar-refractivity contribution in [3.05, 3.63) is 16.1 Å². The number of aliphatic hydroxyl groups is 1. The van der Waals surface area contributed by atoms with Crippen LogP contribution in [0.25, 0.3) is 0 Å². The average Bonchev–Trinajstić information content (AvgIpc) is 3.00. The Balaban J connectivity index is 2.80. The fourth-order valence-electron chi connectivity index (χ4n) is 2.61. The van der Waals surface area contributed by atoms with Crippen LogP contribution in [0.2, 0.25) is 18.1 Å². The number of aliphatic hydroxyl groups excluding tert-OH is 1. The quantitative estimate of drug-likeness (QED) is 0.546. The van der Waals surface area contributed by atoms with Crippen molar-refractivity contribution in [3.63, 3.8) is 0 Å². The Morgan fingerprint density at radius 1 is 1.37 bits per heavy atom. The minimum atomic E-state index is -1.85. The molecule has 1 heterocycles. The van der Waals surface area contributed by atoms with Gasteiger partial charge >= 0.3 is 6.09 Å². The first-order valence-electron chi connectivity index (χ1n) is 9.56. The topological polar surface area (TPSA) is 82.9 Å². The van der Waals surface area contributed by atoms with E-state index in [1.54, 1.807) is 0 Å². The van der Waals surface area contributed by atoms with E-state index >= 15 is 0 Å². The van der Waals surface area contributed by atoms with Gasteiger partial charge in [0.15, 0.2) is 8.32 Å². The van der Waals surface area contributed by atoms with Crippen molar-refractivity contribution in [2.45, 2.75) is 84.8 Å². The summed E-state index contributed by atoms with van der Waals surface area (Å²) in [5.41, 5.74) is 0.825. The maximum Gasteiger partial charge on any atom is 0.407 e. The predicted molar refractivity (Wildman–Crippen MR) is 113 cm³/mol. The van der Waals surface area contributed by atoms with Crippen LogP contribution in [-0.4, -0.2) is 47.1 Å². The molecular weight excluding hydrogens is 380 g/mol. The molecule has 8 heteroatoms. The molecule has 0 aliphatic carbocycles. The van der Waals surface area contributed by atoms with Crippen molar-refractivity contribution in [1.82, 2.24) is 9.88 Å². The van der Waals surface area contributed by atoms with Crippen LogP contribution in [-0.2, 0) is 11.0 Å². The maximum absolute atomic E-state index is 11.5. The van der Waals surface area contributed by atoms with E-state index in [1.807, 2.05) is 26.2 Å². The van der Waals surface area contributed by atoms with Gasteiger partial charge in [-0.2, -0.15) is 0 Å².